The fourth-order valence-corrected chi connectivity index (χ4v) is 2.27. The van der Waals surface area contributed by atoms with E-state index in [2.05, 4.69) is 6.58 Å². The summed E-state index contributed by atoms with van der Waals surface area (Å²) in [6.07, 6.45) is 2.23. The summed E-state index contributed by atoms with van der Waals surface area (Å²) in [7, 11) is 0. The number of rotatable bonds is 8. The highest BCUT2D eigenvalue weighted by atomic mass is 16.5. The third-order valence-corrected chi connectivity index (χ3v) is 3.70. The fraction of sp³-hybridized carbons (Fsp3) is 0.238. The summed E-state index contributed by atoms with van der Waals surface area (Å²) in [6.45, 7) is 7.43. The van der Waals surface area contributed by atoms with Crippen LogP contribution in [0.2, 0.25) is 0 Å². The van der Waals surface area contributed by atoms with Crippen LogP contribution in [0.3, 0.4) is 0 Å². The summed E-state index contributed by atoms with van der Waals surface area (Å²) >= 11 is 0. The molecule has 1 N–H and O–H groups in total. The highest BCUT2D eigenvalue weighted by molar-refractivity contribution is 5.93. The van der Waals surface area contributed by atoms with E-state index in [4.69, 9.17) is 14.6 Å². The SMILES string of the molecule is C=C(C)C(=O)OCCCOc1ccc2cc(C=C(C)C(=O)O)ccc2c1. The van der Waals surface area contributed by atoms with E-state index in [-0.39, 0.29) is 12.2 Å². The summed E-state index contributed by atoms with van der Waals surface area (Å²) in [5.74, 6) is -0.588. The Labute approximate surface area is 152 Å². The molecule has 0 aromatic heterocycles. The number of ether oxygens (including phenoxy) is 2. The van der Waals surface area contributed by atoms with Gasteiger partial charge in [-0.1, -0.05) is 24.8 Å². The Morgan fingerprint density at radius 1 is 1.08 bits per heavy atom. The van der Waals surface area contributed by atoms with Crippen molar-refractivity contribution in [3.63, 3.8) is 0 Å². The number of carboxylic acids is 1. The van der Waals surface area contributed by atoms with Gasteiger partial charge in [0.1, 0.15) is 5.75 Å². The van der Waals surface area contributed by atoms with Crippen LogP contribution in [-0.4, -0.2) is 30.3 Å². The van der Waals surface area contributed by atoms with Crippen LogP contribution in [0.1, 0.15) is 25.8 Å². The van der Waals surface area contributed by atoms with Crippen LogP contribution in [-0.2, 0) is 14.3 Å². The molecule has 0 saturated heterocycles. The minimum Gasteiger partial charge on any atom is -0.493 e. The Bertz CT molecular complexity index is 864. The van der Waals surface area contributed by atoms with Crippen molar-refractivity contribution in [1.82, 2.24) is 0 Å². The number of aliphatic carboxylic acids is 1. The molecule has 0 aliphatic heterocycles. The molecule has 2 aromatic rings. The second-order valence-electron chi connectivity index (χ2n) is 6.02. The second kappa shape index (κ2) is 8.85. The standard InChI is InChI=1S/C21H22O5/c1-14(2)21(24)26-10-4-9-25-19-8-7-17-12-16(5-6-18(17)13-19)11-15(3)20(22)23/h5-8,11-13H,1,4,9-10H2,2-3H3,(H,22,23). The lowest BCUT2D eigenvalue weighted by molar-refractivity contribution is -0.139. The molecule has 26 heavy (non-hydrogen) atoms. The second-order valence-corrected chi connectivity index (χ2v) is 6.02. The van der Waals surface area contributed by atoms with Gasteiger partial charge in [0.25, 0.3) is 0 Å². The van der Waals surface area contributed by atoms with Gasteiger partial charge in [0.05, 0.1) is 13.2 Å². The lowest BCUT2D eigenvalue weighted by atomic mass is 10.1. The Morgan fingerprint density at radius 2 is 1.77 bits per heavy atom. The van der Waals surface area contributed by atoms with Crippen molar-refractivity contribution < 1.29 is 24.2 Å². The summed E-state index contributed by atoms with van der Waals surface area (Å²) in [5, 5.41) is 11.0. The van der Waals surface area contributed by atoms with Gasteiger partial charge in [0.2, 0.25) is 0 Å². The lowest BCUT2D eigenvalue weighted by Gasteiger charge is -2.08. The maximum Gasteiger partial charge on any atom is 0.333 e. The van der Waals surface area contributed by atoms with Crippen molar-refractivity contribution in [1.29, 1.82) is 0 Å². The molecule has 0 heterocycles. The summed E-state index contributed by atoms with van der Waals surface area (Å²) in [4.78, 5) is 22.2. The molecule has 0 radical (unpaired) electrons. The quantitative estimate of drug-likeness (QED) is 0.437. The van der Waals surface area contributed by atoms with E-state index in [1.54, 1.807) is 19.9 Å². The molecule has 0 unspecified atom stereocenters. The van der Waals surface area contributed by atoms with E-state index in [0.29, 0.717) is 18.6 Å². The molecular formula is C21H22O5. The molecule has 0 fully saturated rings. The monoisotopic (exact) mass is 354 g/mol. The van der Waals surface area contributed by atoms with Crippen molar-refractivity contribution in [2.75, 3.05) is 13.2 Å². The average Bonchev–Trinajstić information content (AvgIpc) is 2.61. The number of benzene rings is 2. The number of carbonyl (C=O) groups excluding carboxylic acids is 1. The van der Waals surface area contributed by atoms with Crippen molar-refractivity contribution in [2.24, 2.45) is 0 Å². The maximum absolute atomic E-state index is 11.3. The molecule has 0 amide bonds. The number of fused-ring (bicyclic) bond motifs is 1. The van der Waals surface area contributed by atoms with Crippen molar-refractivity contribution in [3.8, 4) is 5.75 Å². The number of hydrogen-bond donors (Lipinski definition) is 1. The van der Waals surface area contributed by atoms with Crippen molar-refractivity contribution >= 4 is 28.8 Å². The third-order valence-electron chi connectivity index (χ3n) is 3.70. The van der Waals surface area contributed by atoms with Crippen LogP contribution in [0.5, 0.6) is 5.75 Å². The Morgan fingerprint density at radius 3 is 2.46 bits per heavy atom. The summed E-state index contributed by atoms with van der Waals surface area (Å²) in [5.41, 5.74) is 1.51. The van der Waals surface area contributed by atoms with Gasteiger partial charge in [-0.2, -0.15) is 0 Å². The molecule has 0 atom stereocenters. The first kappa shape index (κ1) is 19.2. The zero-order valence-electron chi connectivity index (χ0n) is 15.0. The first-order valence-corrected chi connectivity index (χ1v) is 8.27. The highest BCUT2D eigenvalue weighted by Gasteiger charge is 2.04. The normalized spacial score (nSPS) is 11.2. The Balaban J connectivity index is 1.95. The predicted molar refractivity (Wildman–Crippen MR) is 101 cm³/mol. The fourth-order valence-electron chi connectivity index (χ4n) is 2.27. The maximum atomic E-state index is 11.3. The number of carboxylic acid groups (broad SMARTS) is 1. The van der Waals surface area contributed by atoms with Gasteiger partial charge in [0.15, 0.2) is 0 Å². The van der Waals surface area contributed by atoms with Gasteiger partial charge in [-0.3, -0.25) is 0 Å². The predicted octanol–water partition coefficient (Wildman–Crippen LogP) is 4.22. The number of esters is 1. The van der Waals surface area contributed by atoms with Crippen LogP contribution < -0.4 is 4.74 Å². The Kier molecular flexibility index (Phi) is 6.55. The minimum atomic E-state index is -0.928. The Hall–Kier alpha value is -3.08. The van der Waals surface area contributed by atoms with Crippen LogP contribution in [0, 0.1) is 0 Å². The molecule has 5 nitrogen and oxygen atoms in total. The molecule has 5 heteroatoms. The van der Waals surface area contributed by atoms with Gasteiger partial charge in [0, 0.05) is 17.6 Å². The molecule has 2 rings (SSSR count). The minimum absolute atomic E-state index is 0.289. The molecule has 0 aliphatic rings. The molecule has 0 spiro atoms. The summed E-state index contributed by atoms with van der Waals surface area (Å²) < 4.78 is 10.7. The molecule has 0 bridgehead atoms. The molecule has 0 saturated carbocycles. The van der Waals surface area contributed by atoms with E-state index in [1.165, 1.54) is 0 Å². The topological polar surface area (TPSA) is 72.8 Å². The van der Waals surface area contributed by atoms with Crippen LogP contribution in [0.4, 0.5) is 0 Å². The average molecular weight is 354 g/mol. The molecule has 136 valence electrons. The number of carbonyl (C=O) groups is 2. The van der Waals surface area contributed by atoms with E-state index in [1.807, 2.05) is 36.4 Å². The smallest absolute Gasteiger partial charge is 0.333 e. The van der Waals surface area contributed by atoms with Crippen molar-refractivity contribution in [3.05, 3.63) is 59.7 Å². The first-order valence-electron chi connectivity index (χ1n) is 8.27. The molecule has 2 aromatic carbocycles. The van der Waals surface area contributed by atoms with Crippen molar-refractivity contribution in [2.45, 2.75) is 20.3 Å². The highest BCUT2D eigenvalue weighted by Crippen LogP contribution is 2.23. The summed E-state index contributed by atoms with van der Waals surface area (Å²) in [6, 6.07) is 11.4. The first-order chi connectivity index (χ1) is 12.4. The third kappa shape index (κ3) is 5.48. The van der Waals surface area contributed by atoms with Gasteiger partial charge in [-0.25, -0.2) is 9.59 Å². The van der Waals surface area contributed by atoms with Gasteiger partial charge >= 0.3 is 11.9 Å². The zero-order chi connectivity index (χ0) is 19.1. The van der Waals surface area contributed by atoms with Crippen LogP contribution in [0.25, 0.3) is 16.8 Å². The van der Waals surface area contributed by atoms with Crippen LogP contribution in [0.15, 0.2) is 54.1 Å². The van der Waals surface area contributed by atoms with E-state index < -0.39 is 11.9 Å². The molecular weight excluding hydrogens is 332 g/mol. The van der Waals surface area contributed by atoms with E-state index >= 15 is 0 Å². The van der Waals surface area contributed by atoms with Crippen LogP contribution >= 0.6 is 0 Å². The van der Waals surface area contributed by atoms with Gasteiger partial charge in [-0.15, -0.1) is 0 Å². The largest absolute Gasteiger partial charge is 0.493 e. The number of hydrogen-bond acceptors (Lipinski definition) is 4. The van der Waals surface area contributed by atoms with E-state index in [0.717, 1.165) is 22.1 Å². The lowest BCUT2D eigenvalue weighted by Crippen LogP contribution is -2.09. The van der Waals surface area contributed by atoms with Gasteiger partial charge < -0.3 is 14.6 Å². The van der Waals surface area contributed by atoms with Gasteiger partial charge in [-0.05, 0) is 54.5 Å². The zero-order valence-corrected chi connectivity index (χ0v) is 15.0. The van der Waals surface area contributed by atoms with E-state index in [9.17, 15) is 9.59 Å². The molecule has 0 aliphatic carbocycles.